The lowest BCUT2D eigenvalue weighted by Gasteiger charge is -2.06. The minimum absolute atomic E-state index is 0.712. The Morgan fingerprint density at radius 2 is 2.20 bits per heavy atom. The quantitative estimate of drug-likeness (QED) is 0.696. The standard InChI is InChI=1S/C11H19N3O/c1-3-5-10-8-11(14-9-13-10)12-6-7-15-4-2/h8-9H,3-7H2,1-2H3,(H,12,13,14). The highest BCUT2D eigenvalue weighted by Gasteiger charge is 1.97. The van der Waals surface area contributed by atoms with E-state index in [1.165, 1.54) is 0 Å². The zero-order valence-corrected chi connectivity index (χ0v) is 9.49. The van der Waals surface area contributed by atoms with E-state index in [4.69, 9.17) is 4.74 Å². The van der Waals surface area contributed by atoms with E-state index in [0.717, 1.165) is 37.5 Å². The van der Waals surface area contributed by atoms with Gasteiger partial charge in [-0.2, -0.15) is 0 Å². The van der Waals surface area contributed by atoms with E-state index < -0.39 is 0 Å². The molecule has 0 aliphatic rings. The smallest absolute Gasteiger partial charge is 0.129 e. The Kier molecular flexibility index (Phi) is 5.70. The summed E-state index contributed by atoms with van der Waals surface area (Å²) in [6, 6.07) is 2.00. The predicted molar refractivity (Wildman–Crippen MR) is 61.0 cm³/mol. The van der Waals surface area contributed by atoms with Crippen molar-refractivity contribution in [2.45, 2.75) is 26.7 Å². The van der Waals surface area contributed by atoms with Crippen LogP contribution in [0.4, 0.5) is 5.82 Å². The maximum atomic E-state index is 5.23. The molecular formula is C11H19N3O. The molecule has 1 rings (SSSR count). The third-order valence-corrected chi connectivity index (χ3v) is 1.99. The van der Waals surface area contributed by atoms with Gasteiger partial charge in [0.25, 0.3) is 0 Å². The average molecular weight is 209 g/mol. The Labute approximate surface area is 91.1 Å². The molecule has 1 N–H and O–H groups in total. The molecule has 0 atom stereocenters. The van der Waals surface area contributed by atoms with Crippen LogP contribution in [0, 0.1) is 0 Å². The summed E-state index contributed by atoms with van der Waals surface area (Å²) in [6.45, 7) is 6.39. The Bertz CT molecular complexity index is 278. The maximum Gasteiger partial charge on any atom is 0.129 e. The van der Waals surface area contributed by atoms with E-state index in [0.29, 0.717) is 6.61 Å². The number of nitrogens with one attached hydrogen (secondary N) is 1. The van der Waals surface area contributed by atoms with Crippen molar-refractivity contribution in [3.8, 4) is 0 Å². The molecule has 0 amide bonds. The van der Waals surface area contributed by atoms with Crippen molar-refractivity contribution in [3.63, 3.8) is 0 Å². The molecule has 1 heterocycles. The zero-order valence-electron chi connectivity index (χ0n) is 9.49. The van der Waals surface area contributed by atoms with E-state index in [1.54, 1.807) is 6.33 Å². The third-order valence-electron chi connectivity index (χ3n) is 1.99. The maximum absolute atomic E-state index is 5.23. The van der Waals surface area contributed by atoms with E-state index in [9.17, 15) is 0 Å². The topological polar surface area (TPSA) is 47.0 Å². The molecule has 0 radical (unpaired) electrons. The van der Waals surface area contributed by atoms with Crippen LogP contribution in [0.25, 0.3) is 0 Å². The number of aromatic nitrogens is 2. The van der Waals surface area contributed by atoms with Crippen LogP contribution in [0.3, 0.4) is 0 Å². The van der Waals surface area contributed by atoms with Crippen molar-refractivity contribution in [3.05, 3.63) is 18.1 Å². The van der Waals surface area contributed by atoms with E-state index in [1.807, 2.05) is 13.0 Å². The lowest BCUT2D eigenvalue weighted by Crippen LogP contribution is -2.10. The van der Waals surface area contributed by atoms with Crippen molar-refractivity contribution in [1.82, 2.24) is 9.97 Å². The Morgan fingerprint density at radius 3 is 2.93 bits per heavy atom. The lowest BCUT2D eigenvalue weighted by molar-refractivity contribution is 0.158. The summed E-state index contributed by atoms with van der Waals surface area (Å²) < 4.78 is 5.23. The first kappa shape index (κ1) is 11.9. The van der Waals surface area contributed by atoms with Crippen LogP contribution >= 0.6 is 0 Å². The van der Waals surface area contributed by atoms with Crippen LogP contribution in [-0.2, 0) is 11.2 Å². The monoisotopic (exact) mass is 209 g/mol. The largest absolute Gasteiger partial charge is 0.380 e. The van der Waals surface area contributed by atoms with Crippen LogP contribution in [0.5, 0.6) is 0 Å². The second kappa shape index (κ2) is 7.17. The van der Waals surface area contributed by atoms with Crippen molar-refractivity contribution in [2.75, 3.05) is 25.1 Å². The fourth-order valence-electron chi connectivity index (χ4n) is 1.28. The normalized spacial score (nSPS) is 10.3. The molecule has 0 fully saturated rings. The Balaban J connectivity index is 2.36. The van der Waals surface area contributed by atoms with E-state index in [2.05, 4.69) is 22.2 Å². The predicted octanol–water partition coefficient (Wildman–Crippen LogP) is 1.88. The molecule has 15 heavy (non-hydrogen) atoms. The minimum atomic E-state index is 0.712. The SMILES string of the molecule is CCCc1cc(NCCOCC)ncn1. The molecular weight excluding hydrogens is 190 g/mol. The molecule has 0 aliphatic carbocycles. The summed E-state index contributed by atoms with van der Waals surface area (Å²) in [7, 11) is 0. The number of nitrogens with zero attached hydrogens (tertiary/aromatic N) is 2. The summed E-state index contributed by atoms with van der Waals surface area (Å²) in [4.78, 5) is 8.33. The van der Waals surface area contributed by atoms with Gasteiger partial charge >= 0.3 is 0 Å². The fraction of sp³-hybridized carbons (Fsp3) is 0.636. The first-order valence-electron chi connectivity index (χ1n) is 5.49. The Morgan fingerprint density at radius 1 is 1.33 bits per heavy atom. The fourth-order valence-corrected chi connectivity index (χ4v) is 1.28. The van der Waals surface area contributed by atoms with Gasteiger partial charge in [-0.3, -0.25) is 0 Å². The first-order valence-corrected chi connectivity index (χ1v) is 5.49. The summed E-state index contributed by atoms with van der Waals surface area (Å²) >= 11 is 0. The molecule has 0 aromatic carbocycles. The summed E-state index contributed by atoms with van der Waals surface area (Å²) in [5.41, 5.74) is 1.09. The van der Waals surface area contributed by atoms with Crippen molar-refractivity contribution in [2.24, 2.45) is 0 Å². The minimum Gasteiger partial charge on any atom is -0.380 e. The first-order chi connectivity index (χ1) is 7.36. The van der Waals surface area contributed by atoms with Gasteiger partial charge in [0.15, 0.2) is 0 Å². The number of ether oxygens (including phenoxy) is 1. The van der Waals surface area contributed by atoms with Crippen LogP contribution in [0.2, 0.25) is 0 Å². The number of hydrogen-bond acceptors (Lipinski definition) is 4. The second-order valence-corrected chi connectivity index (χ2v) is 3.27. The highest BCUT2D eigenvalue weighted by atomic mass is 16.5. The van der Waals surface area contributed by atoms with Gasteiger partial charge in [-0.25, -0.2) is 9.97 Å². The van der Waals surface area contributed by atoms with Gasteiger partial charge in [0.1, 0.15) is 12.1 Å². The van der Waals surface area contributed by atoms with Gasteiger partial charge < -0.3 is 10.1 Å². The molecule has 0 saturated carbocycles. The van der Waals surface area contributed by atoms with Gasteiger partial charge in [-0.05, 0) is 13.3 Å². The van der Waals surface area contributed by atoms with Gasteiger partial charge in [-0.15, -0.1) is 0 Å². The molecule has 4 heteroatoms. The van der Waals surface area contributed by atoms with E-state index >= 15 is 0 Å². The average Bonchev–Trinajstić information content (AvgIpc) is 2.26. The molecule has 0 spiro atoms. The van der Waals surface area contributed by atoms with Crippen molar-refractivity contribution in [1.29, 1.82) is 0 Å². The Hall–Kier alpha value is -1.16. The van der Waals surface area contributed by atoms with Crippen LogP contribution in [-0.4, -0.2) is 29.7 Å². The number of rotatable bonds is 7. The van der Waals surface area contributed by atoms with Crippen LogP contribution in [0.1, 0.15) is 26.0 Å². The molecule has 0 unspecified atom stereocenters. The van der Waals surface area contributed by atoms with Gasteiger partial charge in [0, 0.05) is 24.9 Å². The van der Waals surface area contributed by atoms with Crippen molar-refractivity contribution >= 4 is 5.82 Å². The number of hydrogen-bond donors (Lipinski definition) is 1. The molecule has 0 bridgehead atoms. The highest BCUT2D eigenvalue weighted by molar-refractivity contribution is 5.34. The lowest BCUT2D eigenvalue weighted by atomic mass is 10.2. The molecule has 1 aromatic heterocycles. The molecule has 0 saturated heterocycles. The molecule has 84 valence electrons. The zero-order chi connectivity index (χ0) is 10.9. The number of anilines is 1. The summed E-state index contributed by atoms with van der Waals surface area (Å²) in [5.74, 6) is 0.883. The van der Waals surface area contributed by atoms with Crippen LogP contribution in [0.15, 0.2) is 12.4 Å². The summed E-state index contributed by atoms with van der Waals surface area (Å²) in [6.07, 6.45) is 3.71. The number of aryl methyl sites for hydroxylation is 1. The van der Waals surface area contributed by atoms with E-state index in [-0.39, 0.29) is 0 Å². The second-order valence-electron chi connectivity index (χ2n) is 3.27. The molecule has 1 aromatic rings. The molecule has 4 nitrogen and oxygen atoms in total. The third kappa shape index (κ3) is 4.74. The van der Waals surface area contributed by atoms with Crippen molar-refractivity contribution < 1.29 is 4.74 Å². The van der Waals surface area contributed by atoms with Gasteiger partial charge in [0.05, 0.1) is 6.61 Å². The van der Waals surface area contributed by atoms with Crippen LogP contribution < -0.4 is 5.32 Å². The summed E-state index contributed by atoms with van der Waals surface area (Å²) in [5, 5.41) is 3.20. The molecule has 0 aliphatic heterocycles. The van der Waals surface area contributed by atoms with Gasteiger partial charge in [-0.1, -0.05) is 13.3 Å². The van der Waals surface area contributed by atoms with Gasteiger partial charge in [0.2, 0.25) is 0 Å². The highest BCUT2D eigenvalue weighted by Crippen LogP contribution is 2.05.